The SMILES string of the molecule is CCOC(=O)CCCCCCC(NCCC(O)C1CCCC1)C(=O)OCC. The Morgan fingerprint density at radius 1 is 1.00 bits per heavy atom. The largest absolute Gasteiger partial charge is 0.466 e. The number of esters is 2. The molecule has 1 aliphatic carbocycles. The Labute approximate surface area is 164 Å². The van der Waals surface area contributed by atoms with Crippen LogP contribution in [0.15, 0.2) is 0 Å². The Hall–Kier alpha value is -1.14. The van der Waals surface area contributed by atoms with Crippen molar-refractivity contribution in [2.75, 3.05) is 19.8 Å². The van der Waals surface area contributed by atoms with Gasteiger partial charge < -0.3 is 19.9 Å². The van der Waals surface area contributed by atoms with Gasteiger partial charge in [0.15, 0.2) is 0 Å². The van der Waals surface area contributed by atoms with Crippen molar-refractivity contribution < 1.29 is 24.2 Å². The summed E-state index contributed by atoms with van der Waals surface area (Å²) < 4.78 is 10.1. The van der Waals surface area contributed by atoms with E-state index < -0.39 is 0 Å². The lowest BCUT2D eigenvalue weighted by Crippen LogP contribution is -2.40. The van der Waals surface area contributed by atoms with Gasteiger partial charge in [-0.2, -0.15) is 0 Å². The van der Waals surface area contributed by atoms with Gasteiger partial charge in [0.25, 0.3) is 0 Å². The van der Waals surface area contributed by atoms with Crippen LogP contribution >= 0.6 is 0 Å². The highest BCUT2D eigenvalue weighted by Crippen LogP contribution is 2.28. The van der Waals surface area contributed by atoms with E-state index in [0.717, 1.165) is 44.9 Å². The Kier molecular flexibility index (Phi) is 13.2. The molecule has 2 unspecified atom stereocenters. The molecule has 1 rings (SSSR count). The minimum Gasteiger partial charge on any atom is -0.466 e. The lowest BCUT2D eigenvalue weighted by atomic mass is 9.98. The zero-order chi connectivity index (χ0) is 19.9. The molecule has 2 N–H and O–H groups in total. The highest BCUT2D eigenvalue weighted by Gasteiger charge is 2.24. The van der Waals surface area contributed by atoms with Crippen molar-refractivity contribution in [3.05, 3.63) is 0 Å². The standard InChI is InChI=1S/C21H39NO5/c1-3-26-20(24)14-8-6-5-7-13-18(21(25)27-4-2)22-16-15-19(23)17-11-9-10-12-17/h17-19,22-23H,3-16H2,1-2H3. The first-order valence-corrected chi connectivity index (χ1v) is 10.8. The van der Waals surface area contributed by atoms with E-state index in [4.69, 9.17) is 9.47 Å². The average Bonchev–Trinajstić information content (AvgIpc) is 3.18. The van der Waals surface area contributed by atoms with E-state index in [2.05, 4.69) is 5.32 Å². The number of ether oxygens (including phenoxy) is 2. The van der Waals surface area contributed by atoms with Crippen LogP contribution in [0.3, 0.4) is 0 Å². The third kappa shape index (κ3) is 10.7. The molecule has 0 aromatic heterocycles. The van der Waals surface area contributed by atoms with E-state index in [1.165, 1.54) is 12.8 Å². The molecule has 0 bridgehead atoms. The number of hydrogen-bond donors (Lipinski definition) is 2. The van der Waals surface area contributed by atoms with Crippen molar-refractivity contribution in [2.24, 2.45) is 5.92 Å². The molecule has 0 amide bonds. The number of unbranched alkanes of at least 4 members (excludes halogenated alkanes) is 3. The summed E-state index contributed by atoms with van der Waals surface area (Å²) >= 11 is 0. The number of hydrogen-bond acceptors (Lipinski definition) is 6. The van der Waals surface area contributed by atoms with E-state index in [0.29, 0.717) is 38.5 Å². The molecule has 27 heavy (non-hydrogen) atoms. The molecule has 0 heterocycles. The van der Waals surface area contributed by atoms with Gasteiger partial charge in [-0.15, -0.1) is 0 Å². The van der Waals surface area contributed by atoms with E-state index in [1.807, 2.05) is 13.8 Å². The second-order valence-electron chi connectivity index (χ2n) is 7.42. The summed E-state index contributed by atoms with van der Waals surface area (Å²) in [6.45, 7) is 5.06. The summed E-state index contributed by atoms with van der Waals surface area (Å²) in [5.41, 5.74) is 0. The van der Waals surface area contributed by atoms with Crippen molar-refractivity contribution >= 4 is 11.9 Å². The molecule has 1 fully saturated rings. The molecule has 6 nitrogen and oxygen atoms in total. The van der Waals surface area contributed by atoms with Crippen LogP contribution in [0.25, 0.3) is 0 Å². The summed E-state index contributed by atoms with van der Waals surface area (Å²) in [7, 11) is 0. The highest BCUT2D eigenvalue weighted by molar-refractivity contribution is 5.75. The minimum atomic E-state index is -0.314. The van der Waals surface area contributed by atoms with Gasteiger partial charge >= 0.3 is 11.9 Å². The molecular formula is C21H39NO5. The molecule has 0 radical (unpaired) electrons. The van der Waals surface area contributed by atoms with Crippen LogP contribution in [-0.2, 0) is 19.1 Å². The van der Waals surface area contributed by atoms with Crippen molar-refractivity contribution in [1.82, 2.24) is 5.32 Å². The Balaban J connectivity index is 2.21. The van der Waals surface area contributed by atoms with Gasteiger partial charge in [-0.3, -0.25) is 9.59 Å². The van der Waals surface area contributed by atoms with E-state index >= 15 is 0 Å². The number of aliphatic hydroxyl groups excluding tert-OH is 1. The summed E-state index contributed by atoms with van der Waals surface area (Å²) in [6.07, 6.45) is 9.93. The van der Waals surface area contributed by atoms with Crippen molar-refractivity contribution in [1.29, 1.82) is 0 Å². The van der Waals surface area contributed by atoms with Crippen LogP contribution < -0.4 is 5.32 Å². The van der Waals surface area contributed by atoms with E-state index in [1.54, 1.807) is 0 Å². The minimum absolute atomic E-state index is 0.135. The molecule has 0 aromatic rings. The topological polar surface area (TPSA) is 84.9 Å². The molecule has 0 aromatic carbocycles. The second-order valence-corrected chi connectivity index (χ2v) is 7.42. The predicted molar refractivity (Wildman–Crippen MR) is 105 cm³/mol. The molecule has 1 saturated carbocycles. The highest BCUT2D eigenvalue weighted by atomic mass is 16.5. The molecule has 158 valence electrons. The zero-order valence-electron chi connectivity index (χ0n) is 17.2. The van der Waals surface area contributed by atoms with Crippen LogP contribution in [0.1, 0.15) is 84.5 Å². The summed E-state index contributed by atoms with van der Waals surface area (Å²) in [4.78, 5) is 23.4. The molecule has 0 spiro atoms. The van der Waals surface area contributed by atoms with Gasteiger partial charge in [0, 0.05) is 6.42 Å². The van der Waals surface area contributed by atoms with Gasteiger partial charge in [0.05, 0.1) is 19.3 Å². The molecule has 2 atom stereocenters. The number of carbonyl (C=O) groups excluding carboxylic acids is 2. The van der Waals surface area contributed by atoms with Crippen molar-refractivity contribution in [2.45, 2.75) is 96.6 Å². The van der Waals surface area contributed by atoms with Crippen molar-refractivity contribution in [3.63, 3.8) is 0 Å². The fourth-order valence-corrected chi connectivity index (χ4v) is 3.73. The molecule has 1 aliphatic rings. The van der Waals surface area contributed by atoms with Crippen LogP contribution in [0.2, 0.25) is 0 Å². The van der Waals surface area contributed by atoms with Crippen LogP contribution in [0.4, 0.5) is 0 Å². The number of rotatable bonds is 15. The van der Waals surface area contributed by atoms with Gasteiger partial charge in [-0.05, 0) is 58.4 Å². The lowest BCUT2D eigenvalue weighted by molar-refractivity contribution is -0.146. The van der Waals surface area contributed by atoms with Crippen LogP contribution in [-0.4, -0.2) is 48.9 Å². The molecular weight excluding hydrogens is 346 g/mol. The third-order valence-electron chi connectivity index (χ3n) is 5.27. The molecule has 6 heteroatoms. The maximum absolute atomic E-state index is 12.1. The Morgan fingerprint density at radius 2 is 1.67 bits per heavy atom. The summed E-state index contributed by atoms with van der Waals surface area (Å²) in [6, 6.07) is -0.314. The second kappa shape index (κ2) is 14.9. The monoisotopic (exact) mass is 385 g/mol. The van der Waals surface area contributed by atoms with Gasteiger partial charge in [0.1, 0.15) is 6.04 Å². The Bertz CT molecular complexity index is 409. The van der Waals surface area contributed by atoms with Gasteiger partial charge in [0.2, 0.25) is 0 Å². The van der Waals surface area contributed by atoms with Crippen molar-refractivity contribution in [3.8, 4) is 0 Å². The number of aliphatic hydroxyl groups is 1. The van der Waals surface area contributed by atoms with Gasteiger partial charge in [-0.1, -0.05) is 32.1 Å². The quantitative estimate of drug-likeness (QED) is 0.332. The lowest BCUT2D eigenvalue weighted by Gasteiger charge is -2.21. The summed E-state index contributed by atoms with van der Waals surface area (Å²) in [5, 5.41) is 13.5. The third-order valence-corrected chi connectivity index (χ3v) is 5.27. The first-order chi connectivity index (χ1) is 13.1. The fourth-order valence-electron chi connectivity index (χ4n) is 3.73. The summed E-state index contributed by atoms with van der Waals surface area (Å²) in [5.74, 6) is 0.0796. The maximum atomic E-state index is 12.1. The smallest absolute Gasteiger partial charge is 0.323 e. The number of carbonyl (C=O) groups is 2. The van der Waals surface area contributed by atoms with E-state index in [9.17, 15) is 14.7 Å². The predicted octanol–water partition coefficient (Wildman–Crippen LogP) is 3.35. The normalized spacial score (nSPS) is 16.9. The first-order valence-electron chi connectivity index (χ1n) is 10.8. The molecule has 0 aliphatic heterocycles. The first kappa shape index (κ1) is 23.9. The van der Waals surface area contributed by atoms with E-state index in [-0.39, 0.29) is 24.1 Å². The van der Waals surface area contributed by atoms with Crippen LogP contribution in [0.5, 0.6) is 0 Å². The fraction of sp³-hybridized carbons (Fsp3) is 0.905. The van der Waals surface area contributed by atoms with Gasteiger partial charge in [-0.25, -0.2) is 0 Å². The Morgan fingerprint density at radius 3 is 2.33 bits per heavy atom. The average molecular weight is 386 g/mol. The molecule has 0 saturated heterocycles. The zero-order valence-corrected chi connectivity index (χ0v) is 17.2. The maximum Gasteiger partial charge on any atom is 0.323 e. The van der Waals surface area contributed by atoms with Crippen LogP contribution in [0, 0.1) is 5.92 Å². The number of nitrogens with one attached hydrogen (secondary N) is 1.